The molecule has 0 radical (unpaired) electrons. The Morgan fingerprint density at radius 1 is 1.08 bits per heavy atom. The van der Waals surface area contributed by atoms with E-state index in [-0.39, 0.29) is 28.9 Å². The number of nitrogens with one attached hydrogen (secondary N) is 1. The van der Waals surface area contributed by atoms with Crippen LogP contribution in [0.25, 0.3) is 10.9 Å². The van der Waals surface area contributed by atoms with Gasteiger partial charge >= 0.3 is 5.69 Å². The fourth-order valence-electron chi connectivity index (χ4n) is 4.11. The predicted octanol–water partition coefficient (Wildman–Crippen LogP) is 1.48. The minimum Gasteiger partial charge on any atom is -0.287 e. The molecule has 1 aliphatic rings. The molecule has 3 heterocycles. The lowest BCUT2D eigenvalue weighted by atomic mass is 10.2. The Balaban J connectivity index is 1.67. The van der Waals surface area contributed by atoms with E-state index in [1.54, 1.807) is 36.4 Å². The summed E-state index contributed by atoms with van der Waals surface area (Å²) in [4.78, 5) is 31.2. The quantitative estimate of drug-likeness (QED) is 0.382. The lowest BCUT2D eigenvalue weighted by Crippen LogP contribution is -2.41. The van der Waals surface area contributed by atoms with Crippen LogP contribution in [0.1, 0.15) is 29.7 Å². The van der Waals surface area contributed by atoms with Gasteiger partial charge in [-0.1, -0.05) is 6.07 Å². The highest BCUT2D eigenvalue weighted by molar-refractivity contribution is 7.89. The first kappa shape index (κ1) is 24.1. The first-order valence-corrected chi connectivity index (χ1v) is 12.9. The fraction of sp³-hybridized carbons (Fsp3) is 0.333. The van der Waals surface area contributed by atoms with Gasteiger partial charge in [-0.05, 0) is 49.6 Å². The van der Waals surface area contributed by atoms with Crippen molar-refractivity contribution < 1.29 is 12.8 Å². The molecule has 1 fully saturated rings. The molecule has 1 saturated carbocycles. The molecule has 0 bridgehead atoms. The van der Waals surface area contributed by atoms with Crippen LogP contribution >= 0.6 is 0 Å². The van der Waals surface area contributed by atoms with Crippen LogP contribution in [0, 0.1) is 6.92 Å². The zero-order chi connectivity index (χ0) is 25.7. The van der Waals surface area contributed by atoms with Crippen LogP contribution in [0.5, 0.6) is 0 Å². The molecular weight excluding hydrogens is 487 g/mol. The Labute approximate surface area is 206 Å². The highest BCUT2D eigenvalue weighted by atomic mass is 32.2. The second-order valence-corrected chi connectivity index (χ2v) is 11.0. The summed E-state index contributed by atoms with van der Waals surface area (Å²) in [5, 5.41) is 4.15. The van der Waals surface area contributed by atoms with Crippen LogP contribution in [-0.2, 0) is 30.2 Å². The third-order valence-corrected chi connectivity index (χ3v) is 7.93. The molecule has 4 aromatic rings. The average Bonchev–Trinajstić information content (AvgIpc) is 3.50. The van der Waals surface area contributed by atoms with Gasteiger partial charge < -0.3 is 0 Å². The van der Waals surface area contributed by atoms with Crippen molar-refractivity contribution in [2.75, 3.05) is 6.67 Å². The minimum absolute atomic E-state index is 0.0387. The maximum absolute atomic E-state index is 13.5. The lowest BCUT2D eigenvalue weighted by molar-refractivity contribution is 0.393. The molecule has 0 atom stereocenters. The maximum atomic E-state index is 13.5. The van der Waals surface area contributed by atoms with Gasteiger partial charge in [0.15, 0.2) is 0 Å². The van der Waals surface area contributed by atoms with Crippen molar-refractivity contribution in [1.82, 2.24) is 28.6 Å². The molecule has 3 aromatic heterocycles. The molecule has 12 heteroatoms. The van der Waals surface area contributed by atoms with E-state index in [4.69, 9.17) is 0 Å². The number of rotatable bonds is 8. The topological polar surface area (TPSA) is 121 Å². The third-order valence-electron chi connectivity index (χ3n) is 6.36. The zero-order valence-corrected chi connectivity index (χ0v) is 20.6. The zero-order valence-electron chi connectivity index (χ0n) is 19.8. The number of aromatic nitrogens is 5. The van der Waals surface area contributed by atoms with Crippen LogP contribution in [-0.4, -0.2) is 44.5 Å². The molecule has 1 N–H and O–H groups in total. The van der Waals surface area contributed by atoms with E-state index in [0.717, 1.165) is 10.1 Å². The number of halogens is 1. The Morgan fingerprint density at radius 2 is 1.86 bits per heavy atom. The monoisotopic (exact) mass is 512 g/mol. The predicted molar refractivity (Wildman–Crippen MR) is 131 cm³/mol. The Morgan fingerprint density at radius 3 is 2.47 bits per heavy atom. The highest BCUT2D eigenvalue weighted by Crippen LogP contribution is 2.37. The summed E-state index contributed by atoms with van der Waals surface area (Å²) in [6.45, 7) is 1.14. The molecule has 1 aliphatic carbocycles. The van der Waals surface area contributed by atoms with Gasteiger partial charge in [-0.2, -0.15) is 5.10 Å². The number of pyridine rings is 1. The van der Waals surface area contributed by atoms with Crippen molar-refractivity contribution in [2.24, 2.45) is 7.05 Å². The molecule has 0 spiro atoms. The summed E-state index contributed by atoms with van der Waals surface area (Å²) in [5.41, 5.74) is 0.219. The Kier molecular flexibility index (Phi) is 5.87. The van der Waals surface area contributed by atoms with E-state index >= 15 is 0 Å². The molecule has 10 nitrogen and oxygen atoms in total. The number of nitrogens with zero attached hydrogens (tertiary/aromatic N) is 5. The van der Waals surface area contributed by atoms with Crippen LogP contribution in [0.15, 0.2) is 63.4 Å². The van der Waals surface area contributed by atoms with Gasteiger partial charge in [-0.15, -0.1) is 0 Å². The van der Waals surface area contributed by atoms with Gasteiger partial charge in [0.2, 0.25) is 10.0 Å². The van der Waals surface area contributed by atoms with Gasteiger partial charge in [0, 0.05) is 25.0 Å². The molecule has 36 heavy (non-hydrogen) atoms. The van der Waals surface area contributed by atoms with E-state index in [2.05, 4.69) is 14.8 Å². The Hall–Kier alpha value is -3.64. The maximum Gasteiger partial charge on any atom is 0.332 e. The number of hydrogen-bond donors (Lipinski definition) is 1. The molecular formula is C24H25FN6O4S. The molecule has 5 rings (SSSR count). The second kappa shape index (κ2) is 8.79. The molecule has 0 saturated heterocycles. The largest absolute Gasteiger partial charge is 0.332 e. The van der Waals surface area contributed by atoms with E-state index < -0.39 is 33.5 Å². The summed E-state index contributed by atoms with van der Waals surface area (Å²) in [7, 11) is -2.36. The van der Waals surface area contributed by atoms with Crippen molar-refractivity contribution in [3.05, 3.63) is 86.6 Å². The first-order valence-electron chi connectivity index (χ1n) is 11.4. The third kappa shape index (κ3) is 4.49. The SMILES string of the molecule is Cc1ccc(Cn2c(=O)n(Cc3cnn(C)c3)c(=O)c3cc(S(=O)(=O)NC4(CF)CC4)ccc32)nc1. The summed E-state index contributed by atoms with van der Waals surface area (Å²) >= 11 is 0. The van der Waals surface area contributed by atoms with Crippen molar-refractivity contribution in [3.8, 4) is 0 Å². The van der Waals surface area contributed by atoms with Gasteiger partial charge in [0.1, 0.15) is 6.67 Å². The fourth-order valence-corrected chi connectivity index (χ4v) is 5.58. The lowest BCUT2D eigenvalue weighted by Gasteiger charge is -2.16. The van der Waals surface area contributed by atoms with Gasteiger partial charge in [-0.25, -0.2) is 22.3 Å². The highest BCUT2D eigenvalue weighted by Gasteiger charge is 2.46. The summed E-state index contributed by atoms with van der Waals surface area (Å²) in [6.07, 6.45) is 5.76. The standard InChI is InChI=1S/C24H25FN6O4S/c1-16-3-4-18(26-10-16)14-30-21-6-5-19(36(34,35)28-24(15-25)7-8-24)9-20(21)22(32)31(23(30)33)13-17-11-27-29(2)12-17/h3-6,9-12,28H,7-8,13-15H2,1-2H3. The average molecular weight is 513 g/mol. The minimum atomic E-state index is -4.08. The van der Waals surface area contributed by atoms with Crippen molar-refractivity contribution in [2.45, 2.75) is 43.3 Å². The number of sulfonamides is 1. The second-order valence-electron chi connectivity index (χ2n) is 9.31. The number of aryl methyl sites for hydroxylation is 2. The molecule has 188 valence electrons. The van der Waals surface area contributed by atoms with Crippen LogP contribution in [0.2, 0.25) is 0 Å². The van der Waals surface area contributed by atoms with Gasteiger partial charge in [-0.3, -0.25) is 23.6 Å². The molecule has 0 aliphatic heterocycles. The van der Waals surface area contributed by atoms with Crippen molar-refractivity contribution >= 4 is 20.9 Å². The van der Waals surface area contributed by atoms with E-state index in [0.29, 0.717) is 24.1 Å². The summed E-state index contributed by atoms with van der Waals surface area (Å²) < 4.78 is 45.8. The van der Waals surface area contributed by atoms with E-state index in [1.165, 1.54) is 22.8 Å². The molecule has 1 aromatic carbocycles. The normalized spacial score (nSPS) is 14.9. The van der Waals surface area contributed by atoms with E-state index in [1.807, 2.05) is 13.0 Å². The number of benzene rings is 1. The smallest absolute Gasteiger partial charge is 0.287 e. The van der Waals surface area contributed by atoms with Crippen LogP contribution in [0.4, 0.5) is 4.39 Å². The van der Waals surface area contributed by atoms with Crippen LogP contribution in [0.3, 0.4) is 0 Å². The van der Waals surface area contributed by atoms with Gasteiger partial charge in [0.05, 0.1) is 46.3 Å². The van der Waals surface area contributed by atoms with E-state index in [9.17, 15) is 22.4 Å². The van der Waals surface area contributed by atoms with Crippen molar-refractivity contribution in [1.29, 1.82) is 0 Å². The number of alkyl halides is 1. The summed E-state index contributed by atoms with van der Waals surface area (Å²) in [6, 6.07) is 7.66. The summed E-state index contributed by atoms with van der Waals surface area (Å²) in [5.74, 6) is 0. The number of fused-ring (bicyclic) bond motifs is 1. The van der Waals surface area contributed by atoms with Crippen molar-refractivity contribution in [3.63, 3.8) is 0 Å². The molecule has 0 amide bonds. The Bertz CT molecular complexity index is 1680. The van der Waals surface area contributed by atoms with Crippen LogP contribution < -0.4 is 16.0 Å². The number of hydrogen-bond acceptors (Lipinski definition) is 6. The molecule has 0 unspecified atom stereocenters. The first-order chi connectivity index (χ1) is 17.1. The van der Waals surface area contributed by atoms with Gasteiger partial charge in [0.25, 0.3) is 5.56 Å².